The Labute approximate surface area is 191 Å². The Morgan fingerprint density at radius 2 is 1.44 bits per heavy atom. The molecule has 32 heavy (non-hydrogen) atoms. The molecule has 0 saturated carbocycles. The van der Waals surface area contributed by atoms with E-state index < -0.39 is 38.0 Å². The highest BCUT2D eigenvalue weighted by Crippen LogP contribution is 2.25. The van der Waals surface area contributed by atoms with Crippen LogP contribution in [0.5, 0.6) is 0 Å². The summed E-state index contributed by atoms with van der Waals surface area (Å²) in [4.78, 5) is 11.3. The first-order valence-electron chi connectivity index (χ1n) is 9.51. The van der Waals surface area contributed by atoms with Crippen LogP contribution < -0.4 is 9.44 Å². The Balaban J connectivity index is 1.75. The molecular formula is C21H22N2O6S3. The van der Waals surface area contributed by atoms with Gasteiger partial charge in [-0.25, -0.2) is 16.8 Å². The molecular weight excluding hydrogens is 472 g/mol. The van der Waals surface area contributed by atoms with E-state index >= 15 is 0 Å². The van der Waals surface area contributed by atoms with Gasteiger partial charge in [0.1, 0.15) is 10.3 Å². The van der Waals surface area contributed by atoms with Gasteiger partial charge in [0.05, 0.1) is 4.90 Å². The van der Waals surface area contributed by atoms with E-state index in [4.69, 9.17) is 0 Å². The number of sulfonamides is 2. The molecule has 1 heterocycles. The summed E-state index contributed by atoms with van der Waals surface area (Å²) < 4.78 is 54.6. The number of thiophene rings is 1. The van der Waals surface area contributed by atoms with E-state index in [1.807, 2.05) is 0 Å². The summed E-state index contributed by atoms with van der Waals surface area (Å²) in [6.07, 6.45) is 0. The largest absolute Gasteiger partial charge is 0.480 e. The van der Waals surface area contributed by atoms with Crippen LogP contribution >= 0.6 is 11.3 Å². The molecule has 0 aliphatic rings. The Hall–Kier alpha value is -2.73. The lowest BCUT2D eigenvalue weighted by Gasteiger charge is -2.18. The number of hydrogen-bond acceptors (Lipinski definition) is 6. The van der Waals surface area contributed by atoms with Crippen LogP contribution in [0.1, 0.15) is 13.8 Å². The summed E-state index contributed by atoms with van der Waals surface area (Å²) in [7, 11) is -7.64. The lowest BCUT2D eigenvalue weighted by Crippen LogP contribution is -2.44. The van der Waals surface area contributed by atoms with Crippen LogP contribution in [0.3, 0.4) is 0 Å². The molecule has 1 atom stereocenters. The average Bonchev–Trinajstić information content (AvgIpc) is 3.28. The highest BCUT2D eigenvalue weighted by molar-refractivity contribution is 7.94. The maximum absolute atomic E-state index is 12.5. The molecule has 8 nitrogen and oxygen atoms in total. The second-order valence-corrected chi connectivity index (χ2v) is 11.9. The molecule has 0 bridgehead atoms. The molecule has 0 unspecified atom stereocenters. The zero-order valence-electron chi connectivity index (χ0n) is 17.2. The molecule has 0 fully saturated rings. The second kappa shape index (κ2) is 9.41. The van der Waals surface area contributed by atoms with Crippen molar-refractivity contribution in [3.05, 3.63) is 66.0 Å². The third-order valence-electron chi connectivity index (χ3n) is 4.61. The van der Waals surface area contributed by atoms with E-state index in [2.05, 4.69) is 9.44 Å². The van der Waals surface area contributed by atoms with Crippen LogP contribution in [0, 0.1) is 5.92 Å². The number of nitrogens with one attached hydrogen (secondary N) is 2. The minimum atomic E-state index is -4.00. The maximum Gasteiger partial charge on any atom is 0.322 e. The van der Waals surface area contributed by atoms with Crippen molar-refractivity contribution in [1.82, 2.24) is 4.72 Å². The van der Waals surface area contributed by atoms with Crippen molar-refractivity contribution in [2.45, 2.75) is 29.0 Å². The van der Waals surface area contributed by atoms with Crippen LogP contribution in [-0.4, -0.2) is 34.0 Å². The van der Waals surface area contributed by atoms with Gasteiger partial charge in [-0.2, -0.15) is 4.72 Å². The van der Waals surface area contributed by atoms with Gasteiger partial charge in [0.15, 0.2) is 0 Å². The monoisotopic (exact) mass is 494 g/mol. The topological polar surface area (TPSA) is 130 Å². The van der Waals surface area contributed by atoms with Crippen molar-refractivity contribution < 1.29 is 26.7 Å². The summed E-state index contributed by atoms with van der Waals surface area (Å²) in [6, 6.07) is 14.6. The predicted octanol–water partition coefficient (Wildman–Crippen LogP) is 3.60. The molecule has 0 saturated heterocycles. The molecule has 3 aromatic rings. The first kappa shape index (κ1) is 23.9. The van der Waals surface area contributed by atoms with Crippen molar-refractivity contribution in [1.29, 1.82) is 0 Å². The second-order valence-electron chi connectivity index (χ2n) is 7.32. The van der Waals surface area contributed by atoms with Gasteiger partial charge in [-0.3, -0.25) is 9.52 Å². The lowest BCUT2D eigenvalue weighted by atomic mass is 10.1. The molecule has 0 radical (unpaired) electrons. The Morgan fingerprint density at radius 3 is 1.91 bits per heavy atom. The first-order valence-corrected chi connectivity index (χ1v) is 13.4. The third-order valence-corrected chi connectivity index (χ3v) is 8.85. The number of carbonyl (C=O) groups is 1. The maximum atomic E-state index is 12.5. The fraction of sp³-hybridized carbons (Fsp3) is 0.190. The van der Waals surface area contributed by atoms with Gasteiger partial charge in [0, 0.05) is 5.69 Å². The zero-order valence-corrected chi connectivity index (χ0v) is 19.7. The zero-order chi connectivity index (χ0) is 23.5. The highest BCUT2D eigenvalue weighted by Gasteiger charge is 2.28. The first-order chi connectivity index (χ1) is 15.0. The fourth-order valence-corrected chi connectivity index (χ4v) is 6.28. The lowest BCUT2D eigenvalue weighted by molar-refractivity contribution is -0.140. The van der Waals surface area contributed by atoms with Gasteiger partial charge < -0.3 is 5.11 Å². The van der Waals surface area contributed by atoms with E-state index in [0.717, 1.165) is 22.5 Å². The van der Waals surface area contributed by atoms with Gasteiger partial charge in [-0.05, 0) is 52.8 Å². The van der Waals surface area contributed by atoms with Crippen LogP contribution in [0.2, 0.25) is 0 Å². The van der Waals surface area contributed by atoms with Gasteiger partial charge in [-0.15, -0.1) is 11.3 Å². The number of carboxylic acids is 1. The summed E-state index contributed by atoms with van der Waals surface area (Å²) >= 11 is 1.12. The third kappa shape index (κ3) is 5.54. The number of aliphatic carboxylic acids is 1. The summed E-state index contributed by atoms with van der Waals surface area (Å²) in [5.74, 6) is -1.66. The molecule has 0 spiro atoms. The SMILES string of the molecule is CC(C)[C@H](NS(=O)(=O)c1ccc(-c2ccc(NS(=O)(=O)c3cccs3)cc2)cc1)C(=O)O. The van der Waals surface area contributed by atoms with Crippen LogP contribution in [-0.2, 0) is 24.8 Å². The molecule has 0 aliphatic heterocycles. The quantitative estimate of drug-likeness (QED) is 0.417. The molecule has 3 rings (SSSR count). The van der Waals surface area contributed by atoms with Gasteiger partial charge in [-0.1, -0.05) is 44.2 Å². The summed E-state index contributed by atoms with van der Waals surface area (Å²) in [5, 5.41) is 10.9. The number of rotatable bonds is 9. The smallest absolute Gasteiger partial charge is 0.322 e. The minimum absolute atomic E-state index is 0.0477. The molecule has 11 heteroatoms. The van der Waals surface area contributed by atoms with Crippen molar-refractivity contribution >= 4 is 43.0 Å². The van der Waals surface area contributed by atoms with E-state index in [-0.39, 0.29) is 9.10 Å². The van der Waals surface area contributed by atoms with Crippen molar-refractivity contribution in [3.63, 3.8) is 0 Å². The molecule has 170 valence electrons. The van der Waals surface area contributed by atoms with Crippen LogP contribution in [0.25, 0.3) is 11.1 Å². The Kier molecular flexibility index (Phi) is 7.03. The minimum Gasteiger partial charge on any atom is -0.480 e. The molecule has 3 N–H and O–H groups in total. The van der Waals surface area contributed by atoms with Gasteiger partial charge in [0.25, 0.3) is 10.0 Å². The van der Waals surface area contributed by atoms with Crippen LogP contribution in [0.4, 0.5) is 5.69 Å². The fourth-order valence-electron chi connectivity index (χ4n) is 2.89. The van der Waals surface area contributed by atoms with Crippen LogP contribution in [0.15, 0.2) is 75.1 Å². The van der Waals surface area contributed by atoms with Crippen molar-refractivity contribution in [3.8, 4) is 11.1 Å². The molecule has 0 amide bonds. The molecule has 0 aliphatic carbocycles. The van der Waals surface area contributed by atoms with Crippen molar-refractivity contribution in [2.24, 2.45) is 5.92 Å². The van der Waals surface area contributed by atoms with Gasteiger partial charge in [0.2, 0.25) is 10.0 Å². The Morgan fingerprint density at radius 1 is 0.875 bits per heavy atom. The van der Waals surface area contributed by atoms with E-state index in [1.54, 1.807) is 61.7 Å². The Bertz CT molecular complexity index is 1280. The summed E-state index contributed by atoms with van der Waals surface area (Å²) in [5.41, 5.74) is 1.88. The standard InChI is InChI=1S/C21H22N2O6S3/c1-14(2)20(21(24)25)23-31(26,27)18-11-7-16(8-12-18)15-5-9-17(10-6-15)22-32(28,29)19-4-3-13-30-19/h3-14,20,22-23H,1-2H3,(H,24,25)/t20-/m0/s1. The predicted molar refractivity (Wildman–Crippen MR) is 124 cm³/mol. The van der Waals surface area contributed by atoms with Crippen molar-refractivity contribution in [2.75, 3.05) is 4.72 Å². The molecule has 2 aromatic carbocycles. The molecule has 1 aromatic heterocycles. The van der Waals surface area contributed by atoms with Gasteiger partial charge >= 0.3 is 5.97 Å². The normalized spacial score (nSPS) is 13.1. The van der Waals surface area contributed by atoms with E-state index in [9.17, 15) is 26.7 Å². The number of hydrogen-bond donors (Lipinski definition) is 3. The summed E-state index contributed by atoms with van der Waals surface area (Å²) in [6.45, 7) is 3.24. The van der Waals surface area contributed by atoms with E-state index in [0.29, 0.717) is 5.69 Å². The average molecular weight is 495 g/mol. The number of anilines is 1. The number of benzene rings is 2. The van der Waals surface area contributed by atoms with E-state index in [1.165, 1.54) is 18.2 Å². The number of carboxylic acid groups (broad SMARTS) is 1. The highest BCUT2D eigenvalue weighted by atomic mass is 32.2.